The molecule has 0 radical (unpaired) electrons. The van der Waals surface area contributed by atoms with Gasteiger partial charge in [0.1, 0.15) is 0 Å². The van der Waals surface area contributed by atoms with Gasteiger partial charge in [0, 0.05) is 16.4 Å². The third-order valence-corrected chi connectivity index (χ3v) is 4.06. The van der Waals surface area contributed by atoms with E-state index in [9.17, 15) is 0 Å². The molecule has 1 aliphatic rings. The van der Waals surface area contributed by atoms with Gasteiger partial charge in [-0.25, -0.2) is 0 Å². The molecule has 0 aromatic heterocycles. The van der Waals surface area contributed by atoms with Crippen LogP contribution in [0.5, 0.6) is 0 Å². The molecule has 0 saturated heterocycles. The van der Waals surface area contributed by atoms with Crippen molar-refractivity contribution in [1.29, 1.82) is 0 Å². The molecule has 1 fully saturated rings. The highest BCUT2D eigenvalue weighted by Crippen LogP contribution is 2.40. The van der Waals surface area contributed by atoms with Gasteiger partial charge in [-0.15, -0.1) is 0 Å². The molecule has 1 aliphatic carbocycles. The number of halogens is 1. The van der Waals surface area contributed by atoms with Crippen LogP contribution < -0.4 is 5.32 Å². The molecule has 2 rings (SSSR count). The second-order valence-corrected chi connectivity index (χ2v) is 5.44. The van der Waals surface area contributed by atoms with Crippen LogP contribution in [0.4, 0.5) is 0 Å². The van der Waals surface area contributed by atoms with E-state index in [4.69, 9.17) is 0 Å². The Balaban J connectivity index is 2.28. The van der Waals surface area contributed by atoms with Crippen LogP contribution >= 0.6 is 15.9 Å². The first kappa shape index (κ1) is 11.2. The van der Waals surface area contributed by atoms with Gasteiger partial charge in [-0.05, 0) is 37.6 Å². The molecule has 1 N–H and O–H groups in total. The molecule has 0 aliphatic heterocycles. The van der Waals surface area contributed by atoms with Gasteiger partial charge in [0.05, 0.1) is 0 Å². The third kappa shape index (κ3) is 2.26. The van der Waals surface area contributed by atoms with Gasteiger partial charge in [0.2, 0.25) is 0 Å². The fourth-order valence-corrected chi connectivity index (χ4v) is 3.03. The molecule has 0 bridgehead atoms. The first-order valence-electron chi connectivity index (χ1n) is 5.67. The molecule has 1 saturated carbocycles. The van der Waals surface area contributed by atoms with Crippen molar-refractivity contribution in [3.8, 4) is 0 Å². The summed E-state index contributed by atoms with van der Waals surface area (Å²) in [6.45, 7) is 1.11. The maximum Gasteiger partial charge on any atom is 0.0175 e. The van der Waals surface area contributed by atoms with Crippen molar-refractivity contribution < 1.29 is 0 Å². The Kier molecular flexibility index (Phi) is 3.47. The van der Waals surface area contributed by atoms with E-state index in [-0.39, 0.29) is 0 Å². The molecule has 82 valence electrons. The standard InChI is InChI=1S/C13H18BrN/c1-15-10-13(8-2-3-9-13)11-4-6-12(14)7-5-11/h4-7,15H,2-3,8-10H2,1H3. The maximum absolute atomic E-state index is 3.50. The highest BCUT2D eigenvalue weighted by Gasteiger charge is 2.34. The molecule has 1 aromatic carbocycles. The number of nitrogens with one attached hydrogen (secondary N) is 1. The highest BCUT2D eigenvalue weighted by atomic mass is 79.9. The van der Waals surface area contributed by atoms with E-state index in [0.717, 1.165) is 6.54 Å². The quantitative estimate of drug-likeness (QED) is 0.885. The van der Waals surface area contributed by atoms with E-state index in [2.05, 4.69) is 52.6 Å². The summed E-state index contributed by atoms with van der Waals surface area (Å²) >= 11 is 3.50. The van der Waals surface area contributed by atoms with Gasteiger partial charge in [-0.3, -0.25) is 0 Å². The van der Waals surface area contributed by atoms with Crippen molar-refractivity contribution in [1.82, 2.24) is 5.32 Å². The van der Waals surface area contributed by atoms with Gasteiger partial charge in [-0.1, -0.05) is 40.9 Å². The topological polar surface area (TPSA) is 12.0 Å². The zero-order valence-corrected chi connectivity index (χ0v) is 10.8. The third-order valence-electron chi connectivity index (χ3n) is 3.53. The molecular weight excluding hydrogens is 250 g/mol. The van der Waals surface area contributed by atoms with E-state index >= 15 is 0 Å². The summed E-state index contributed by atoms with van der Waals surface area (Å²) in [7, 11) is 2.05. The van der Waals surface area contributed by atoms with Crippen molar-refractivity contribution in [3.63, 3.8) is 0 Å². The lowest BCUT2D eigenvalue weighted by atomic mass is 9.79. The minimum atomic E-state index is 0.398. The second kappa shape index (κ2) is 4.67. The number of rotatable bonds is 3. The van der Waals surface area contributed by atoms with Crippen LogP contribution in [-0.4, -0.2) is 13.6 Å². The smallest absolute Gasteiger partial charge is 0.0175 e. The molecule has 0 spiro atoms. The van der Waals surface area contributed by atoms with Crippen LogP contribution in [0.3, 0.4) is 0 Å². The molecule has 1 nitrogen and oxygen atoms in total. The lowest BCUT2D eigenvalue weighted by Crippen LogP contribution is -2.34. The van der Waals surface area contributed by atoms with Gasteiger partial charge in [0.25, 0.3) is 0 Å². The summed E-state index contributed by atoms with van der Waals surface area (Å²) < 4.78 is 1.17. The zero-order valence-electron chi connectivity index (χ0n) is 9.22. The maximum atomic E-state index is 3.50. The predicted octanol–water partition coefficient (Wildman–Crippen LogP) is 3.48. The van der Waals surface area contributed by atoms with Gasteiger partial charge >= 0.3 is 0 Å². The second-order valence-electron chi connectivity index (χ2n) is 4.52. The Hall–Kier alpha value is -0.340. The van der Waals surface area contributed by atoms with Crippen molar-refractivity contribution in [3.05, 3.63) is 34.3 Å². The molecule has 1 aromatic rings. The van der Waals surface area contributed by atoms with Crippen molar-refractivity contribution in [2.75, 3.05) is 13.6 Å². The van der Waals surface area contributed by atoms with Crippen LogP contribution in [0.25, 0.3) is 0 Å². The zero-order chi connectivity index (χ0) is 10.7. The highest BCUT2D eigenvalue weighted by molar-refractivity contribution is 9.10. The van der Waals surface area contributed by atoms with Gasteiger partial charge in [0.15, 0.2) is 0 Å². The lowest BCUT2D eigenvalue weighted by molar-refractivity contribution is 0.421. The molecule has 0 atom stereocenters. The fraction of sp³-hybridized carbons (Fsp3) is 0.538. The lowest BCUT2D eigenvalue weighted by Gasteiger charge is -2.29. The summed E-state index contributed by atoms with van der Waals surface area (Å²) in [6, 6.07) is 8.86. The number of likely N-dealkylation sites (N-methyl/N-ethyl adjacent to an activating group) is 1. The van der Waals surface area contributed by atoms with E-state index in [0.29, 0.717) is 5.41 Å². The van der Waals surface area contributed by atoms with E-state index in [1.54, 1.807) is 0 Å². The van der Waals surface area contributed by atoms with Crippen LogP contribution in [0.1, 0.15) is 31.2 Å². The summed E-state index contributed by atoms with van der Waals surface area (Å²) in [5.41, 5.74) is 1.90. The number of hydrogen-bond acceptors (Lipinski definition) is 1. The Labute approximate surface area is 100 Å². The van der Waals surface area contributed by atoms with Crippen LogP contribution in [0, 0.1) is 0 Å². The van der Waals surface area contributed by atoms with Gasteiger partial charge in [-0.2, -0.15) is 0 Å². The summed E-state index contributed by atoms with van der Waals surface area (Å²) in [5, 5.41) is 3.35. The van der Waals surface area contributed by atoms with Crippen LogP contribution in [0.2, 0.25) is 0 Å². The number of benzene rings is 1. The Morgan fingerprint density at radius 3 is 2.33 bits per heavy atom. The molecule has 0 amide bonds. The first-order chi connectivity index (χ1) is 7.27. The molecular formula is C13H18BrN. The van der Waals surface area contributed by atoms with Crippen molar-refractivity contribution >= 4 is 15.9 Å². The number of hydrogen-bond donors (Lipinski definition) is 1. The average Bonchev–Trinajstić information content (AvgIpc) is 2.69. The molecule has 0 unspecified atom stereocenters. The summed E-state index contributed by atoms with van der Waals surface area (Å²) in [5.74, 6) is 0. The van der Waals surface area contributed by atoms with Crippen molar-refractivity contribution in [2.45, 2.75) is 31.1 Å². The largest absolute Gasteiger partial charge is 0.319 e. The fourth-order valence-electron chi connectivity index (χ4n) is 2.76. The molecule has 15 heavy (non-hydrogen) atoms. The molecule has 2 heteroatoms. The summed E-state index contributed by atoms with van der Waals surface area (Å²) in [4.78, 5) is 0. The monoisotopic (exact) mass is 267 g/mol. The minimum absolute atomic E-state index is 0.398. The normalized spacial score (nSPS) is 19.3. The van der Waals surface area contributed by atoms with E-state index in [1.807, 2.05) is 0 Å². The van der Waals surface area contributed by atoms with Crippen LogP contribution in [0.15, 0.2) is 28.7 Å². The Morgan fingerprint density at radius 1 is 1.20 bits per heavy atom. The van der Waals surface area contributed by atoms with E-state index in [1.165, 1.54) is 35.7 Å². The van der Waals surface area contributed by atoms with Gasteiger partial charge < -0.3 is 5.32 Å². The van der Waals surface area contributed by atoms with Crippen molar-refractivity contribution in [2.24, 2.45) is 0 Å². The van der Waals surface area contributed by atoms with E-state index < -0.39 is 0 Å². The SMILES string of the molecule is CNCC1(c2ccc(Br)cc2)CCCC1. The average molecular weight is 268 g/mol. The predicted molar refractivity (Wildman–Crippen MR) is 68.2 cm³/mol. The Morgan fingerprint density at radius 2 is 1.80 bits per heavy atom. The Bertz CT molecular complexity index is 312. The summed E-state index contributed by atoms with van der Waals surface area (Å²) in [6.07, 6.45) is 5.40. The minimum Gasteiger partial charge on any atom is -0.319 e. The molecule has 0 heterocycles. The first-order valence-corrected chi connectivity index (χ1v) is 6.47. The van der Waals surface area contributed by atoms with Crippen LogP contribution in [-0.2, 0) is 5.41 Å².